The Labute approximate surface area is 219 Å². The van der Waals surface area contributed by atoms with E-state index in [9.17, 15) is 4.79 Å². The molecule has 0 unspecified atom stereocenters. The Morgan fingerprint density at radius 1 is 1.08 bits per heavy atom. The Hall–Kier alpha value is -3.75. The number of hydrogen-bond donors (Lipinski definition) is 0. The summed E-state index contributed by atoms with van der Waals surface area (Å²) in [5.41, 5.74) is 3.83. The molecule has 8 nitrogen and oxygen atoms in total. The van der Waals surface area contributed by atoms with E-state index in [2.05, 4.69) is 9.72 Å². The molecular weight excluding hydrogens is 496 g/mol. The number of nitrogens with zero attached hydrogens (tertiary/aromatic N) is 2. The van der Waals surface area contributed by atoms with Crippen LogP contribution in [-0.2, 0) is 15.9 Å². The Kier molecular flexibility index (Phi) is 7.21. The van der Waals surface area contributed by atoms with Gasteiger partial charge in [-0.2, -0.15) is 0 Å². The maximum Gasteiger partial charge on any atom is 0.360 e. The molecular formula is C28H27ClN2O6. The number of rotatable bonds is 8. The zero-order chi connectivity index (χ0) is 25.9. The molecule has 2 aromatic heterocycles. The lowest BCUT2D eigenvalue weighted by atomic mass is 9.98. The van der Waals surface area contributed by atoms with Crippen molar-refractivity contribution in [2.75, 3.05) is 20.8 Å². The van der Waals surface area contributed by atoms with Crippen LogP contribution in [-0.4, -0.2) is 36.5 Å². The summed E-state index contributed by atoms with van der Waals surface area (Å²) in [4.78, 5) is 12.0. The molecule has 4 aromatic rings. The van der Waals surface area contributed by atoms with Gasteiger partial charge in [-0.15, -0.1) is 0 Å². The van der Waals surface area contributed by atoms with Gasteiger partial charge in [-0.3, -0.25) is 0 Å². The molecule has 0 amide bonds. The van der Waals surface area contributed by atoms with Gasteiger partial charge < -0.3 is 28.0 Å². The molecule has 0 bridgehead atoms. The van der Waals surface area contributed by atoms with Crippen LogP contribution in [0.4, 0.5) is 0 Å². The number of benzene rings is 2. The van der Waals surface area contributed by atoms with Crippen molar-refractivity contribution in [3.63, 3.8) is 0 Å². The van der Waals surface area contributed by atoms with Gasteiger partial charge in [0.15, 0.2) is 17.2 Å². The Morgan fingerprint density at radius 3 is 2.73 bits per heavy atom. The molecule has 0 radical (unpaired) electrons. The van der Waals surface area contributed by atoms with E-state index in [0.717, 1.165) is 22.5 Å². The lowest BCUT2D eigenvalue weighted by Gasteiger charge is -2.25. The number of para-hydroxylation sites is 1. The third kappa shape index (κ3) is 4.82. The smallest absolute Gasteiger partial charge is 0.360 e. The molecule has 2 aromatic carbocycles. The van der Waals surface area contributed by atoms with Crippen LogP contribution in [0.3, 0.4) is 0 Å². The highest BCUT2D eigenvalue weighted by Crippen LogP contribution is 2.46. The lowest BCUT2D eigenvalue weighted by Crippen LogP contribution is -2.12. The molecule has 9 heteroatoms. The predicted molar refractivity (Wildman–Crippen MR) is 137 cm³/mol. The van der Waals surface area contributed by atoms with Gasteiger partial charge in [0, 0.05) is 34.8 Å². The molecule has 0 saturated carbocycles. The van der Waals surface area contributed by atoms with E-state index in [1.54, 1.807) is 27.2 Å². The van der Waals surface area contributed by atoms with Crippen LogP contribution in [0, 0.1) is 0 Å². The van der Waals surface area contributed by atoms with Gasteiger partial charge in [0.2, 0.25) is 0 Å². The van der Waals surface area contributed by atoms with Crippen LogP contribution in [0.5, 0.6) is 11.5 Å². The van der Waals surface area contributed by atoms with Gasteiger partial charge in [0.1, 0.15) is 11.9 Å². The van der Waals surface area contributed by atoms with E-state index in [1.165, 1.54) is 0 Å². The first-order valence-electron chi connectivity index (χ1n) is 12.0. The summed E-state index contributed by atoms with van der Waals surface area (Å²) in [5.74, 6) is 1.28. The first-order chi connectivity index (χ1) is 18.0. The number of aryl methyl sites for hydroxylation is 1. The molecule has 0 spiro atoms. The monoisotopic (exact) mass is 522 g/mol. The van der Waals surface area contributed by atoms with Gasteiger partial charge >= 0.3 is 5.97 Å². The predicted octanol–water partition coefficient (Wildman–Crippen LogP) is 6.11. The second kappa shape index (κ2) is 10.7. The number of ether oxygens (including phenoxy) is 4. The molecule has 5 rings (SSSR count). The number of aromatic nitrogens is 2. The van der Waals surface area contributed by atoms with Crippen molar-refractivity contribution in [2.45, 2.75) is 32.0 Å². The third-order valence-corrected chi connectivity index (χ3v) is 6.59. The van der Waals surface area contributed by atoms with Gasteiger partial charge in [-0.1, -0.05) is 28.9 Å². The molecule has 1 aliphatic heterocycles. The molecule has 2 atom stereocenters. The van der Waals surface area contributed by atoms with E-state index in [0.29, 0.717) is 35.1 Å². The molecule has 3 heterocycles. The van der Waals surface area contributed by atoms with E-state index < -0.39 is 12.1 Å². The molecule has 192 valence electrons. The van der Waals surface area contributed by atoms with Gasteiger partial charge in [-0.05, 0) is 49.7 Å². The minimum absolute atomic E-state index is 0.156. The minimum Gasteiger partial charge on any atom is -0.493 e. The van der Waals surface area contributed by atoms with Crippen molar-refractivity contribution in [1.82, 2.24) is 9.72 Å². The second-order valence-corrected chi connectivity index (χ2v) is 8.97. The van der Waals surface area contributed by atoms with E-state index in [4.69, 9.17) is 35.1 Å². The summed E-state index contributed by atoms with van der Waals surface area (Å²) in [6.45, 7) is 2.02. The molecule has 0 N–H and O–H groups in total. The molecule has 0 aliphatic carbocycles. The Balaban J connectivity index is 1.53. The summed E-state index contributed by atoms with van der Waals surface area (Å²) in [7, 11) is 3.22. The first kappa shape index (κ1) is 24.9. The average Bonchev–Trinajstić information content (AvgIpc) is 3.57. The Morgan fingerprint density at radius 2 is 1.95 bits per heavy atom. The number of carbonyl (C=O) groups is 1. The quantitative estimate of drug-likeness (QED) is 0.258. The van der Waals surface area contributed by atoms with Gasteiger partial charge in [-0.25, -0.2) is 4.79 Å². The fourth-order valence-electron chi connectivity index (χ4n) is 4.72. The van der Waals surface area contributed by atoms with Crippen molar-refractivity contribution in [1.29, 1.82) is 0 Å². The van der Waals surface area contributed by atoms with E-state index in [1.807, 2.05) is 54.7 Å². The maximum absolute atomic E-state index is 12.0. The van der Waals surface area contributed by atoms with Gasteiger partial charge in [0.25, 0.3) is 0 Å². The summed E-state index contributed by atoms with van der Waals surface area (Å²) in [6, 6.07) is 17.2. The Bertz CT molecular complexity index is 1410. The van der Waals surface area contributed by atoms with Crippen LogP contribution < -0.4 is 9.47 Å². The highest BCUT2D eigenvalue weighted by Gasteiger charge is 2.33. The summed E-state index contributed by atoms with van der Waals surface area (Å²) in [6.07, 6.45) is 2.27. The zero-order valence-corrected chi connectivity index (χ0v) is 21.5. The van der Waals surface area contributed by atoms with Crippen LogP contribution >= 0.6 is 11.6 Å². The number of carbonyl (C=O) groups excluding carboxylic acids is 1. The average molecular weight is 523 g/mol. The highest BCUT2D eigenvalue weighted by atomic mass is 35.5. The second-order valence-electron chi connectivity index (χ2n) is 8.53. The van der Waals surface area contributed by atoms with E-state index >= 15 is 0 Å². The van der Waals surface area contributed by atoms with Crippen molar-refractivity contribution >= 4 is 17.6 Å². The lowest BCUT2D eigenvalue weighted by molar-refractivity contribution is 0.000492. The number of hydrogen-bond acceptors (Lipinski definition) is 7. The topological polar surface area (TPSA) is 85.0 Å². The summed E-state index contributed by atoms with van der Waals surface area (Å²) >= 11 is 6.47. The van der Waals surface area contributed by atoms with Crippen molar-refractivity contribution < 1.29 is 28.3 Å². The van der Waals surface area contributed by atoms with Crippen LogP contribution in [0.1, 0.15) is 58.6 Å². The van der Waals surface area contributed by atoms with Gasteiger partial charge in [0.05, 0.1) is 38.3 Å². The normalized spacial score (nSPS) is 16.4. The first-order valence-corrected chi connectivity index (χ1v) is 12.4. The third-order valence-electron chi connectivity index (χ3n) is 6.35. The fraction of sp³-hybridized carbons (Fsp3) is 0.286. The number of fused-ring (bicyclic) bond motifs is 3. The largest absolute Gasteiger partial charge is 0.493 e. The van der Waals surface area contributed by atoms with Crippen molar-refractivity contribution in [3.05, 3.63) is 94.1 Å². The zero-order valence-electron chi connectivity index (χ0n) is 20.8. The standard InChI is InChI=1S/C28H27ClN2O6/c1-4-35-28(32)21-16-18(37-30-21)11-13-24-23-8-6-14-31(23)22-12-10-17(29)15-20(22)26(36-24)19-7-5-9-25(33-2)27(19)34-3/h5-10,12,14-16,24,26H,4,11,13H2,1-3H3/t24-,26-/m1/s1. The van der Waals surface area contributed by atoms with E-state index in [-0.39, 0.29) is 18.4 Å². The summed E-state index contributed by atoms with van der Waals surface area (Å²) < 4.78 is 30.7. The molecule has 0 saturated heterocycles. The van der Waals surface area contributed by atoms with Crippen molar-refractivity contribution in [2.24, 2.45) is 0 Å². The molecule has 1 aliphatic rings. The summed E-state index contributed by atoms with van der Waals surface area (Å²) in [5, 5.41) is 4.46. The minimum atomic E-state index is -0.505. The van der Waals surface area contributed by atoms with Crippen molar-refractivity contribution in [3.8, 4) is 17.2 Å². The molecule has 0 fully saturated rings. The van der Waals surface area contributed by atoms with Crippen LogP contribution in [0.25, 0.3) is 5.69 Å². The number of esters is 1. The van der Waals surface area contributed by atoms with Crippen LogP contribution in [0.2, 0.25) is 5.02 Å². The highest BCUT2D eigenvalue weighted by molar-refractivity contribution is 6.30. The number of methoxy groups -OCH3 is 2. The SMILES string of the molecule is CCOC(=O)c1cc(CC[C@H]2O[C@H](c3cccc(OC)c3OC)c3cc(Cl)ccc3-n3cccc32)on1. The fourth-order valence-corrected chi connectivity index (χ4v) is 4.90. The molecule has 37 heavy (non-hydrogen) atoms. The van der Waals surface area contributed by atoms with Crippen LogP contribution in [0.15, 0.2) is 65.3 Å². The number of halogens is 1. The maximum atomic E-state index is 12.0.